The Morgan fingerprint density at radius 3 is 2.50 bits per heavy atom. The number of amides is 2. The van der Waals surface area contributed by atoms with Gasteiger partial charge >= 0.3 is 0 Å². The standard InChI is InChI=1S/C18H17BrN2O3/c19-15-8-4-7-14(12-15)17(23)21-16(18(24)20-9-10-22)11-13-5-2-1-3-6-13/h1-8,11-12,22H,9-10H2,(H,20,24)(H,21,23)/b16-11+. The molecule has 0 saturated carbocycles. The summed E-state index contributed by atoms with van der Waals surface area (Å²) in [6.45, 7) is -0.0678. The van der Waals surface area contributed by atoms with Crippen molar-refractivity contribution < 1.29 is 14.7 Å². The maximum atomic E-state index is 12.4. The van der Waals surface area contributed by atoms with Crippen LogP contribution in [0.1, 0.15) is 15.9 Å². The fourth-order valence-electron chi connectivity index (χ4n) is 1.96. The minimum absolute atomic E-state index is 0.109. The zero-order valence-corrected chi connectivity index (χ0v) is 14.4. The molecule has 0 aliphatic rings. The van der Waals surface area contributed by atoms with Crippen molar-refractivity contribution in [3.63, 3.8) is 0 Å². The Hall–Kier alpha value is -2.44. The van der Waals surface area contributed by atoms with Crippen molar-refractivity contribution >= 4 is 33.8 Å². The molecule has 2 rings (SSSR count). The van der Waals surface area contributed by atoms with Crippen LogP contribution >= 0.6 is 15.9 Å². The lowest BCUT2D eigenvalue weighted by atomic mass is 10.1. The van der Waals surface area contributed by atoms with E-state index in [0.717, 1.165) is 10.0 Å². The number of hydrogen-bond acceptors (Lipinski definition) is 3. The molecule has 0 spiro atoms. The van der Waals surface area contributed by atoms with Gasteiger partial charge in [-0.3, -0.25) is 9.59 Å². The largest absolute Gasteiger partial charge is 0.395 e. The highest BCUT2D eigenvalue weighted by molar-refractivity contribution is 9.10. The summed E-state index contributed by atoms with van der Waals surface area (Å²) in [6, 6.07) is 16.1. The zero-order valence-electron chi connectivity index (χ0n) is 12.8. The van der Waals surface area contributed by atoms with E-state index < -0.39 is 11.8 Å². The summed E-state index contributed by atoms with van der Waals surface area (Å²) >= 11 is 3.31. The van der Waals surface area contributed by atoms with Crippen LogP contribution in [-0.4, -0.2) is 30.1 Å². The summed E-state index contributed by atoms with van der Waals surface area (Å²) in [6.07, 6.45) is 1.59. The van der Waals surface area contributed by atoms with Crippen molar-refractivity contribution in [1.82, 2.24) is 10.6 Å². The van der Waals surface area contributed by atoms with E-state index in [0.29, 0.717) is 5.56 Å². The van der Waals surface area contributed by atoms with Crippen molar-refractivity contribution in [2.24, 2.45) is 0 Å². The normalized spacial score (nSPS) is 11.0. The molecular weight excluding hydrogens is 372 g/mol. The maximum Gasteiger partial charge on any atom is 0.267 e. The van der Waals surface area contributed by atoms with Gasteiger partial charge in [-0.1, -0.05) is 52.3 Å². The van der Waals surface area contributed by atoms with E-state index in [-0.39, 0.29) is 18.8 Å². The van der Waals surface area contributed by atoms with Crippen molar-refractivity contribution in [3.05, 3.63) is 75.9 Å². The minimum atomic E-state index is -0.462. The highest BCUT2D eigenvalue weighted by Gasteiger charge is 2.14. The van der Waals surface area contributed by atoms with Crippen LogP contribution in [0.5, 0.6) is 0 Å². The molecule has 0 heterocycles. The molecule has 0 bridgehead atoms. The molecular formula is C18H17BrN2O3. The van der Waals surface area contributed by atoms with E-state index in [2.05, 4.69) is 26.6 Å². The van der Waals surface area contributed by atoms with E-state index in [1.54, 1.807) is 24.3 Å². The smallest absolute Gasteiger partial charge is 0.267 e. The summed E-state index contributed by atoms with van der Waals surface area (Å²) in [5.74, 6) is -0.853. The lowest BCUT2D eigenvalue weighted by Gasteiger charge is -2.11. The number of carbonyl (C=O) groups is 2. The average molecular weight is 389 g/mol. The predicted molar refractivity (Wildman–Crippen MR) is 96.1 cm³/mol. The third kappa shape index (κ3) is 5.33. The molecule has 0 atom stereocenters. The van der Waals surface area contributed by atoms with Gasteiger partial charge in [0.2, 0.25) is 0 Å². The van der Waals surface area contributed by atoms with E-state index in [1.165, 1.54) is 0 Å². The number of aliphatic hydroxyl groups excluding tert-OH is 1. The number of aliphatic hydroxyl groups is 1. The monoisotopic (exact) mass is 388 g/mol. The van der Waals surface area contributed by atoms with Gasteiger partial charge in [0, 0.05) is 16.6 Å². The summed E-state index contributed by atoms with van der Waals surface area (Å²) in [5, 5.41) is 14.0. The average Bonchev–Trinajstić information content (AvgIpc) is 2.60. The molecule has 0 aromatic heterocycles. The first-order chi connectivity index (χ1) is 11.6. The van der Waals surface area contributed by atoms with Crippen LogP contribution in [0.15, 0.2) is 64.8 Å². The van der Waals surface area contributed by atoms with E-state index >= 15 is 0 Å². The number of halogens is 1. The van der Waals surface area contributed by atoms with Gasteiger partial charge in [0.15, 0.2) is 0 Å². The Bertz CT molecular complexity index is 745. The Labute approximate surface area is 148 Å². The zero-order chi connectivity index (χ0) is 17.4. The summed E-state index contributed by atoms with van der Waals surface area (Å²) in [4.78, 5) is 24.6. The lowest BCUT2D eigenvalue weighted by Crippen LogP contribution is -2.36. The van der Waals surface area contributed by atoms with Gasteiger partial charge < -0.3 is 15.7 Å². The maximum absolute atomic E-state index is 12.4. The first-order valence-electron chi connectivity index (χ1n) is 7.33. The molecule has 0 fully saturated rings. The van der Waals surface area contributed by atoms with Crippen molar-refractivity contribution in [2.45, 2.75) is 0 Å². The molecule has 6 heteroatoms. The summed E-state index contributed by atoms with van der Waals surface area (Å²) in [5.41, 5.74) is 1.32. The molecule has 0 saturated heterocycles. The molecule has 0 aliphatic carbocycles. The predicted octanol–water partition coefficient (Wildman–Crippen LogP) is 2.33. The van der Waals surface area contributed by atoms with Crippen molar-refractivity contribution in [1.29, 1.82) is 0 Å². The van der Waals surface area contributed by atoms with Crippen molar-refractivity contribution in [2.75, 3.05) is 13.2 Å². The number of carbonyl (C=O) groups excluding carboxylic acids is 2. The number of rotatable bonds is 6. The first-order valence-corrected chi connectivity index (χ1v) is 8.12. The number of benzene rings is 2. The van der Waals surface area contributed by atoms with Gasteiger partial charge in [0.05, 0.1) is 6.61 Å². The molecule has 2 aromatic carbocycles. The second-order valence-corrected chi connectivity index (χ2v) is 5.83. The van der Waals surface area contributed by atoms with Crippen LogP contribution < -0.4 is 10.6 Å². The first kappa shape index (κ1) is 17.9. The molecule has 3 N–H and O–H groups in total. The molecule has 5 nitrogen and oxygen atoms in total. The Kier molecular flexibility index (Phi) is 6.72. The fourth-order valence-corrected chi connectivity index (χ4v) is 2.36. The Balaban J connectivity index is 2.24. The number of hydrogen-bond donors (Lipinski definition) is 3. The van der Waals surface area contributed by atoms with Gasteiger partial charge in [-0.2, -0.15) is 0 Å². The van der Waals surface area contributed by atoms with Crippen LogP contribution in [0.25, 0.3) is 6.08 Å². The van der Waals surface area contributed by atoms with Gasteiger partial charge in [0.1, 0.15) is 5.70 Å². The Morgan fingerprint density at radius 1 is 1.08 bits per heavy atom. The quantitative estimate of drug-likeness (QED) is 0.664. The molecule has 2 aromatic rings. The third-order valence-electron chi connectivity index (χ3n) is 3.09. The van der Waals surface area contributed by atoms with Crippen LogP contribution in [0.2, 0.25) is 0 Å². The van der Waals surface area contributed by atoms with Crippen LogP contribution in [0.3, 0.4) is 0 Å². The molecule has 2 amide bonds. The highest BCUT2D eigenvalue weighted by atomic mass is 79.9. The van der Waals surface area contributed by atoms with Gasteiger partial charge in [-0.25, -0.2) is 0 Å². The molecule has 0 aliphatic heterocycles. The lowest BCUT2D eigenvalue weighted by molar-refractivity contribution is -0.117. The number of nitrogens with one attached hydrogen (secondary N) is 2. The van der Waals surface area contributed by atoms with Gasteiger partial charge in [0.25, 0.3) is 11.8 Å². The van der Waals surface area contributed by atoms with Gasteiger partial charge in [-0.05, 0) is 29.8 Å². The third-order valence-corrected chi connectivity index (χ3v) is 3.58. The second-order valence-electron chi connectivity index (χ2n) is 4.91. The molecule has 24 heavy (non-hydrogen) atoms. The molecule has 124 valence electrons. The SMILES string of the molecule is O=C(NCCO)/C(=C\c1ccccc1)NC(=O)c1cccc(Br)c1. The summed E-state index contributed by atoms with van der Waals surface area (Å²) in [7, 11) is 0. The molecule has 0 unspecified atom stereocenters. The van der Waals surface area contributed by atoms with E-state index in [1.807, 2.05) is 36.4 Å². The molecule has 0 radical (unpaired) electrons. The van der Waals surface area contributed by atoms with Crippen LogP contribution in [0.4, 0.5) is 0 Å². The van der Waals surface area contributed by atoms with Crippen molar-refractivity contribution in [3.8, 4) is 0 Å². The summed E-state index contributed by atoms with van der Waals surface area (Å²) < 4.78 is 0.772. The Morgan fingerprint density at radius 2 is 1.83 bits per heavy atom. The van der Waals surface area contributed by atoms with E-state index in [4.69, 9.17) is 5.11 Å². The van der Waals surface area contributed by atoms with E-state index in [9.17, 15) is 9.59 Å². The highest BCUT2D eigenvalue weighted by Crippen LogP contribution is 2.12. The van der Waals surface area contributed by atoms with Crippen LogP contribution in [-0.2, 0) is 4.79 Å². The second kappa shape index (κ2) is 9.00. The van der Waals surface area contributed by atoms with Crippen LogP contribution in [0, 0.1) is 0 Å². The van der Waals surface area contributed by atoms with Gasteiger partial charge in [-0.15, -0.1) is 0 Å². The fraction of sp³-hybridized carbons (Fsp3) is 0.111. The minimum Gasteiger partial charge on any atom is -0.395 e. The topological polar surface area (TPSA) is 78.4 Å².